The number of carbonyl (C=O) groups is 2. The highest BCUT2D eigenvalue weighted by atomic mass is 16.1. The Kier molecular flexibility index (Phi) is 6.63. The summed E-state index contributed by atoms with van der Waals surface area (Å²) in [4.78, 5) is 26.8. The van der Waals surface area contributed by atoms with Gasteiger partial charge in [0, 0.05) is 17.8 Å². The van der Waals surface area contributed by atoms with Gasteiger partial charge in [0.25, 0.3) is 0 Å². The Morgan fingerprint density at radius 3 is 2.03 bits per heavy atom. The van der Waals surface area contributed by atoms with Gasteiger partial charge in [-0.15, -0.1) is 0 Å². The summed E-state index contributed by atoms with van der Waals surface area (Å²) in [5.74, 6) is 3.20. The van der Waals surface area contributed by atoms with Gasteiger partial charge >= 0.3 is 0 Å². The lowest BCUT2D eigenvalue weighted by molar-refractivity contribution is -0.175. The van der Waals surface area contributed by atoms with Gasteiger partial charge in [0.05, 0.1) is 0 Å². The normalized spacial score (nSPS) is 45.7. The molecule has 0 radical (unpaired) electrons. The van der Waals surface area contributed by atoms with E-state index in [4.69, 9.17) is 0 Å². The van der Waals surface area contributed by atoms with E-state index in [2.05, 4.69) is 75.3 Å². The Morgan fingerprint density at radius 1 is 0.771 bits per heavy atom. The summed E-state index contributed by atoms with van der Waals surface area (Å²) in [6, 6.07) is 0. The molecule has 4 saturated carbocycles. The van der Waals surface area contributed by atoms with Crippen molar-refractivity contribution in [2.45, 2.75) is 127 Å². The number of ketones is 2. The Bertz CT molecular complexity index is 903. The number of Topliss-reactive ketones (excluding diaryl/α,β-unsaturated/α-hetero) is 1. The van der Waals surface area contributed by atoms with E-state index < -0.39 is 0 Å². The van der Waals surface area contributed by atoms with E-state index in [1.807, 2.05) is 0 Å². The quantitative estimate of drug-likeness (QED) is 0.345. The highest BCUT2D eigenvalue weighted by Crippen LogP contribution is 2.70. The first-order valence-corrected chi connectivity index (χ1v) is 14.8. The van der Waals surface area contributed by atoms with Gasteiger partial charge in [-0.25, -0.2) is 0 Å². The van der Waals surface area contributed by atoms with E-state index in [9.17, 15) is 9.59 Å². The minimum Gasteiger partial charge on any atom is -0.299 e. The van der Waals surface area contributed by atoms with Crippen LogP contribution < -0.4 is 0 Å². The number of fused-ring (bicyclic) bond motifs is 7. The highest BCUT2D eigenvalue weighted by Gasteiger charge is 2.66. The number of hydrogen-bond acceptors (Lipinski definition) is 2. The van der Waals surface area contributed by atoms with Gasteiger partial charge in [0.1, 0.15) is 5.78 Å². The van der Waals surface area contributed by atoms with Gasteiger partial charge in [-0.05, 0) is 103 Å². The van der Waals surface area contributed by atoms with Crippen LogP contribution in [0.15, 0.2) is 11.6 Å². The van der Waals surface area contributed by atoms with Crippen molar-refractivity contribution in [1.29, 1.82) is 0 Å². The molecular weight excluding hydrogens is 428 g/mol. The van der Waals surface area contributed by atoms with Crippen LogP contribution in [-0.4, -0.2) is 11.6 Å². The van der Waals surface area contributed by atoms with Crippen molar-refractivity contribution in [3.63, 3.8) is 0 Å². The maximum Gasteiger partial charge on any atom is 0.159 e. The SMILES string of the molecule is CC(C)C.CC1(C)CCC2(C)CCC3C(=CC(=O)C4C3(C)CCC3C(C)(C)C(=O)CCC34C)C2C1. The van der Waals surface area contributed by atoms with Crippen LogP contribution in [0.4, 0.5) is 0 Å². The summed E-state index contributed by atoms with van der Waals surface area (Å²) >= 11 is 0. The van der Waals surface area contributed by atoms with Crippen molar-refractivity contribution in [2.24, 2.45) is 56.7 Å². The summed E-state index contributed by atoms with van der Waals surface area (Å²) in [6.45, 7) is 23.0. The number of hydrogen-bond donors (Lipinski definition) is 0. The van der Waals surface area contributed by atoms with Crippen LogP contribution in [0, 0.1) is 56.7 Å². The summed E-state index contributed by atoms with van der Waals surface area (Å²) in [6.07, 6.45) is 12.3. The van der Waals surface area contributed by atoms with Crippen molar-refractivity contribution in [1.82, 2.24) is 0 Å². The average molecular weight is 483 g/mol. The molecule has 2 nitrogen and oxygen atoms in total. The van der Waals surface area contributed by atoms with Gasteiger partial charge in [-0.3, -0.25) is 9.59 Å². The second kappa shape index (κ2) is 8.56. The lowest BCUT2D eigenvalue weighted by atomic mass is 9.37. The summed E-state index contributed by atoms with van der Waals surface area (Å²) in [5.41, 5.74) is 2.00. The van der Waals surface area contributed by atoms with Gasteiger partial charge in [-0.1, -0.05) is 74.8 Å². The first-order chi connectivity index (χ1) is 16.0. The molecule has 2 heteroatoms. The van der Waals surface area contributed by atoms with Crippen LogP contribution in [0.25, 0.3) is 0 Å². The lowest BCUT2D eigenvalue weighted by Crippen LogP contribution is -2.63. The minimum atomic E-state index is -0.295. The van der Waals surface area contributed by atoms with Gasteiger partial charge < -0.3 is 0 Å². The van der Waals surface area contributed by atoms with E-state index in [0.717, 1.165) is 25.2 Å². The molecule has 5 aliphatic rings. The zero-order valence-corrected chi connectivity index (χ0v) is 24.6. The van der Waals surface area contributed by atoms with E-state index in [1.165, 1.54) is 37.7 Å². The second-order valence-corrected chi connectivity index (χ2v) is 16.1. The average Bonchev–Trinajstić information content (AvgIpc) is 2.71. The lowest BCUT2D eigenvalue weighted by Gasteiger charge is -2.66. The van der Waals surface area contributed by atoms with E-state index in [-0.39, 0.29) is 22.2 Å². The van der Waals surface area contributed by atoms with Gasteiger partial charge in [-0.2, -0.15) is 0 Å². The molecule has 5 aliphatic carbocycles. The summed E-state index contributed by atoms with van der Waals surface area (Å²) < 4.78 is 0. The first kappa shape index (κ1) is 27.1. The van der Waals surface area contributed by atoms with E-state index >= 15 is 0 Å². The van der Waals surface area contributed by atoms with Crippen molar-refractivity contribution in [2.75, 3.05) is 0 Å². The number of allylic oxidation sites excluding steroid dienone is 2. The number of rotatable bonds is 0. The minimum absolute atomic E-state index is 0.0455. The monoisotopic (exact) mass is 482 g/mol. The molecule has 7 atom stereocenters. The maximum atomic E-state index is 14.0. The molecule has 0 aromatic rings. The van der Waals surface area contributed by atoms with Crippen LogP contribution in [0.3, 0.4) is 0 Å². The molecule has 198 valence electrons. The molecule has 7 unspecified atom stereocenters. The highest BCUT2D eigenvalue weighted by molar-refractivity contribution is 5.96. The molecule has 0 aromatic heterocycles. The molecule has 0 amide bonds. The molecule has 0 saturated heterocycles. The Hall–Kier alpha value is -0.920. The van der Waals surface area contributed by atoms with Crippen LogP contribution in [0.1, 0.15) is 127 Å². The molecule has 0 aliphatic heterocycles. The fourth-order valence-electron chi connectivity index (χ4n) is 9.87. The fourth-order valence-corrected chi connectivity index (χ4v) is 9.87. The van der Waals surface area contributed by atoms with Crippen molar-refractivity contribution in [3.8, 4) is 0 Å². The van der Waals surface area contributed by atoms with Gasteiger partial charge in [0.15, 0.2) is 5.78 Å². The molecule has 0 bridgehead atoms. The molecule has 0 heterocycles. The predicted molar refractivity (Wildman–Crippen MR) is 146 cm³/mol. The standard InChI is InChI=1S/C29H44O2.C4H10/c1-25(2)14-15-27(5)11-8-19-18(20(27)17-25)16-21(30)24-28(19,6)12-9-22-26(3,4)23(31)10-13-29(22,24)7;1-4(2)3/h16,19-20,22,24H,8-15,17H2,1-7H3;4H,1-3H3. The Labute approximate surface area is 216 Å². The van der Waals surface area contributed by atoms with E-state index in [1.54, 1.807) is 0 Å². The van der Waals surface area contributed by atoms with E-state index in [0.29, 0.717) is 46.6 Å². The molecule has 0 aromatic carbocycles. The molecule has 5 rings (SSSR count). The van der Waals surface area contributed by atoms with Crippen LogP contribution in [-0.2, 0) is 9.59 Å². The maximum absolute atomic E-state index is 14.0. The summed E-state index contributed by atoms with van der Waals surface area (Å²) in [5, 5.41) is 0. The van der Waals surface area contributed by atoms with Crippen molar-refractivity contribution < 1.29 is 9.59 Å². The molecule has 4 fully saturated rings. The third-order valence-electron chi connectivity index (χ3n) is 11.7. The zero-order valence-electron chi connectivity index (χ0n) is 24.6. The Morgan fingerprint density at radius 2 is 1.40 bits per heavy atom. The van der Waals surface area contributed by atoms with Crippen molar-refractivity contribution >= 4 is 11.6 Å². The molecule has 35 heavy (non-hydrogen) atoms. The molecule has 0 spiro atoms. The smallest absolute Gasteiger partial charge is 0.159 e. The van der Waals surface area contributed by atoms with Crippen molar-refractivity contribution in [3.05, 3.63) is 11.6 Å². The number of carbonyl (C=O) groups excluding carboxylic acids is 2. The molecular formula is C33H54O2. The second-order valence-electron chi connectivity index (χ2n) is 16.1. The van der Waals surface area contributed by atoms with Crippen LogP contribution >= 0.6 is 0 Å². The van der Waals surface area contributed by atoms with Gasteiger partial charge in [0.2, 0.25) is 0 Å². The van der Waals surface area contributed by atoms with Crippen LogP contribution in [0.2, 0.25) is 0 Å². The summed E-state index contributed by atoms with van der Waals surface area (Å²) in [7, 11) is 0. The predicted octanol–water partition coefficient (Wildman–Crippen LogP) is 8.83. The Balaban J connectivity index is 0.000000672. The third-order valence-corrected chi connectivity index (χ3v) is 11.7. The third kappa shape index (κ3) is 4.21. The topological polar surface area (TPSA) is 34.1 Å². The van der Waals surface area contributed by atoms with Crippen LogP contribution in [0.5, 0.6) is 0 Å². The zero-order chi connectivity index (χ0) is 26.2. The fraction of sp³-hybridized carbons (Fsp3) is 0.879. The molecule has 0 N–H and O–H groups in total. The first-order valence-electron chi connectivity index (χ1n) is 14.8. The largest absolute Gasteiger partial charge is 0.299 e.